The molecule has 1 heterocycles. The summed E-state index contributed by atoms with van der Waals surface area (Å²) in [5.74, 6) is 0.804. The lowest BCUT2D eigenvalue weighted by Crippen LogP contribution is -2.57. The summed E-state index contributed by atoms with van der Waals surface area (Å²) in [6.07, 6.45) is 11.8. The van der Waals surface area contributed by atoms with Gasteiger partial charge in [-0.3, -0.25) is 9.79 Å². The van der Waals surface area contributed by atoms with Crippen LogP contribution in [-0.2, 0) is 15.8 Å². The summed E-state index contributed by atoms with van der Waals surface area (Å²) >= 11 is 0. The van der Waals surface area contributed by atoms with Crippen molar-refractivity contribution >= 4 is 33.9 Å². The number of amides is 1. The van der Waals surface area contributed by atoms with Gasteiger partial charge in [0.2, 0.25) is 5.91 Å². The zero-order valence-electron chi connectivity index (χ0n) is 21.3. The van der Waals surface area contributed by atoms with Gasteiger partial charge in [-0.05, 0) is 61.8 Å². The normalized spacial score (nSPS) is 19.3. The van der Waals surface area contributed by atoms with E-state index in [0.29, 0.717) is 23.9 Å². The Morgan fingerprint density at radius 2 is 1.97 bits per heavy atom. The first kappa shape index (κ1) is 26.6. The molecule has 7 heteroatoms. The number of allylic oxidation sites excluding steroid dienone is 1. The number of hydrogen-bond donors (Lipinski definition) is 2. The van der Waals surface area contributed by atoms with Crippen LogP contribution in [0.1, 0.15) is 84.6 Å². The monoisotopic (exact) mass is 486 g/mol. The highest BCUT2D eigenvalue weighted by Crippen LogP contribution is 2.29. The average Bonchev–Trinajstić information content (AvgIpc) is 2.81. The van der Waals surface area contributed by atoms with Crippen LogP contribution in [0.2, 0.25) is 0 Å². The van der Waals surface area contributed by atoms with Gasteiger partial charge in [-0.1, -0.05) is 52.5 Å². The van der Waals surface area contributed by atoms with E-state index in [-0.39, 0.29) is 17.9 Å². The summed E-state index contributed by atoms with van der Waals surface area (Å²) < 4.78 is 12.4. The van der Waals surface area contributed by atoms with Crippen LogP contribution in [-0.4, -0.2) is 39.9 Å². The Morgan fingerprint density at radius 3 is 2.59 bits per heavy atom. The Hall–Kier alpha value is -1.99. The molecule has 0 radical (unpaired) electrons. The second-order valence-corrected chi connectivity index (χ2v) is 11.2. The van der Waals surface area contributed by atoms with Crippen molar-refractivity contribution in [3.05, 3.63) is 30.0 Å². The molecule has 3 N–H and O–H groups in total. The smallest absolute Gasteiger partial charge is 0.225 e. The maximum absolute atomic E-state index is 12.4. The molecule has 1 unspecified atom stereocenters. The molecule has 1 saturated carbocycles. The number of hydrogen-bond acceptors (Lipinski definition) is 4. The van der Waals surface area contributed by atoms with Crippen LogP contribution in [0.3, 0.4) is 0 Å². The van der Waals surface area contributed by atoms with Crippen molar-refractivity contribution in [2.24, 2.45) is 22.0 Å². The molecule has 1 aromatic carbocycles. The maximum Gasteiger partial charge on any atom is 0.225 e. The van der Waals surface area contributed by atoms with Crippen LogP contribution in [0, 0.1) is 11.8 Å². The Balaban J connectivity index is 1.73. The highest BCUT2D eigenvalue weighted by molar-refractivity contribution is 7.82. The number of nitrogens with two attached hydrogens (primary N) is 1. The molecule has 6 nitrogen and oxygen atoms in total. The predicted molar refractivity (Wildman–Crippen MR) is 143 cm³/mol. The van der Waals surface area contributed by atoms with Crippen LogP contribution in [0.25, 0.3) is 5.57 Å². The minimum atomic E-state index is -1.61. The van der Waals surface area contributed by atoms with E-state index >= 15 is 0 Å². The fourth-order valence-electron chi connectivity index (χ4n) is 4.87. The summed E-state index contributed by atoms with van der Waals surface area (Å²) in [5.41, 5.74) is 4.04. The second kappa shape index (κ2) is 12.6. The van der Waals surface area contributed by atoms with Gasteiger partial charge in [-0.15, -0.1) is 0 Å². The molecule has 1 amide bonds. The minimum Gasteiger partial charge on any atom is -0.379 e. The number of carbonyl (C=O) groups excluding carboxylic acids is 1. The molecule has 0 spiro atoms. The van der Waals surface area contributed by atoms with Crippen molar-refractivity contribution in [3.8, 4) is 0 Å². The highest BCUT2D eigenvalue weighted by atomic mass is 32.2. The number of nitrogens with zero attached hydrogens (tertiary/aromatic N) is 2. The van der Waals surface area contributed by atoms with E-state index in [0.717, 1.165) is 23.2 Å². The van der Waals surface area contributed by atoms with Crippen molar-refractivity contribution in [3.63, 3.8) is 0 Å². The molecule has 188 valence electrons. The van der Waals surface area contributed by atoms with Crippen LogP contribution in [0.4, 0.5) is 5.69 Å². The van der Waals surface area contributed by atoms with E-state index in [4.69, 9.17) is 10.1 Å². The third-order valence-corrected chi connectivity index (χ3v) is 7.74. The summed E-state index contributed by atoms with van der Waals surface area (Å²) in [6, 6.07) is 6.05. The maximum atomic E-state index is 12.4. The van der Waals surface area contributed by atoms with E-state index in [2.05, 4.69) is 12.2 Å². The van der Waals surface area contributed by atoms with Crippen LogP contribution >= 0.6 is 0 Å². The molecule has 0 bridgehead atoms. The fourth-order valence-corrected chi connectivity index (χ4v) is 5.56. The van der Waals surface area contributed by atoms with Crippen molar-refractivity contribution < 1.29 is 9.00 Å². The molecule has 2 aliphatic rings. The van der Waals surface area contributed by atoms with Gasteiger partial charge in [0.25, 0.3) is 0 Å². The summed E-state index contributed by atoms with van der Waals surface area (Å²) in [7, 11) is -1.61. The molecule has 0 aromatic heterocycles. The Bertz CT molecular complexity index is 929. The van der Waals surface area contributed by atoms with Gasteiger partial charge in [0, 0.05) is 36.6 Å². The average molecular weight is 487 g/mol. The number of nitrogens with one attached hydrogen (secondary N) is 1. The summed E-state index contributed by atoms with van der Waals surface area (Å²) in [6.45, 7) is 9.46. The van der Waals surface area contributed by atoms with Crippen molar-refractivity contribution in [2.45, 2.75) is 90.0 Å². The lowest BCUT2D eigenvalue weighted by molar-refractivity contribution is -0.138. The van der Waals surface area contributed by atoms with E-state index < -0.39 is 11.0 Å². The molecule has 1 aliphatic heterocycles. The van der Waals surface area contributed by atoms with Crippen LogP contribution in [0.15, 0.2) is 34.3 Å². The molecule has 2 fully saturated rings. The number of anilines is 1. The van der Waals surface area contributed by atoms with Crippen LogP contribution < -0.4 is 10.5 Å². The van der Waals surface area contributed by atoms with Gasteiger partial charge in [0.15, 0.2) is 0 Å². The van der Waals surface area contributed by atoms with Gasteiger partial charge >= 0.3 is 0 Å². The molecule has 1 atom stereocenters. The largest absolute Gasteiger partial charge is 0.379 e. The topological polar surface area (TPSA) is 87.8 Å². The third-order valence-electron chi connectivity index (χ3n) is 6.97. The third kappa shape index (κ3) is 7.01. The second-order valence-electron chi connectivity index (χ2n) is 10.1. The predicted octanol–water partition coefficient (Wildman–Crippen LogP) is 5.52. The van der Waals surface area contributed by atoms with Gasteiger partial charge < -0.3 is 10.2 Å². The molecular weight excluding hydrogens is 444 g/mol. The fraction of sp³-hybridized carbons (Fsp3) is 0.630. The molecule has 3 rings (SSSR count). The van der Waals surface area contributed by atoms with E-state index in [1.807, 2.05) is 50.1 Å². The molecule has 1 saturated heterocycles. The van der Waals surface area contributed by atoms with Gasteiger partial charge in [-0.25, -0.2) is 9.35 Å². The summed E-state index contributed by atoms with van der Waals surface area (Å²) in [4.78, 5) is 19.5. The lowest BCUT2D eigenvalue weighted by Gasteiger charge is -2.41. The van der Waals surface area contributed by atoms with Gasteiger partial charge in [0.1, 0.15) is 11.0 Å². The first-order chi connectivity index (χ1) is 16.3. The highest BCUT2D eigenvalue weighted by Gasteiger charge is 2.31. The quantitative estimate of drug-likeness (QED) is 0.427. The van der Waals surface area contributed by atoms with E-state index in [1.54, 1.807) is 0 Å². The Labute approximate surface area is 208 Å². The number of likely N-dealkylation sites (tertiary alicyclic amines) is 1. The molecule has 1 aromatic rings. The number of benzene rings is 1. The lowest BCUT2D eigenvalue weighted by atomic mass is 9.84. The van der Waals surface area contributed by atoms with E-state index in [1.165, 1.54) is 50.7 Å². The molecule has 1 aliphatic carbocycles. The molecule has 34 heavy (non-hydrogen) atoms. The molecular formula is C27H42N4O2S. The first-order valence-corrected chi connectivity index (χ1v) is 14.1. The zero-order chi connectivity index (χ0) is 24.7. The first-order valence-electron chi connectivity index (χ1n) is 12.9. The number of unbranched alkanes of at least 4 members (excludes halogenated alkanes) is 1. The van der Waals surface area contributed by atoms with Gasteiger partial charge in [-0.2, -0.15) is 0 Å². The number of carbonyl (C=O) groups is 1. The van der Waals surface area contributed by atoms with Crippen molar-refractivity contribution in [2.75, 3.05) is 18.4 Å². The summed E-state index contributed by atoms with van der Waals surface area (Å²) in [5, 5.41) is 9.31. The van der Waals surface area contributed by atoms with Crippen molar-refractivity contribution in [1.29, 1.82) is 0 Å². The standard InChI is InChI=1S/C27H42N4O2S/c1-5-6-12-25(21-10-8-7-9-11-21)29-16-20(4)24-14-13-22(15-26(24)34(28)33)30-23-17-31(18-23)27(32)19(2)3/h13-16,19,21,23,30H,5-12,17-18,28H2,1-4H3/b20-16+,29-25?. The van der Waals surface area contributed by atoms with Crippen molar-refractivity contribution in [1.82, 2.24) is 4.90 Å². The zero-order valence-corrected chi connectivity index (χ0v) is 22.1. The minimum absolute atomic E-state index is 0.0181. The van der Waals surface area contributed by atoms with Crippen LogP contribution in [0.5, 0.6) is 0 Å². The number of aliphatic imine (C=N–C) groups is 1. The Kier molecular flexibility index (Phi) is 9.89. The Morgan fingerprint density at radius 1 is 1.26 bits per heavy atom. The van der Waals surface area contributed by atoms with Gasteiger partial charge in [0.05, 0.1) is 10.9 Å². The number of rotatable bonds is 10. The SMILES string of the molecule is CCCCC(=N/C=C(\C)c1ccc(NC2CN(C(=O)C(C)C)C2)cc1S(N)=O)C1CCCCC1. The van der Waals surface area contributed by atoms with E-state index in [9.17, 15) is 9.00 Å².